The van der Waals surface area contributed by atoms with Crippen LogP contribution >= 0.6 is 11.3 Å². The summed E-state index contributed by atoms with van der Waals surface area (Å²) in [5.41, 5.74) is 2.43. The van der Waals surface area contributed by atoms with E-state index in [1.807, 2.05) is 13.0 Å². The zero-order valence-electron chi connectivity index (χ0n) is 12.8. The van der Waals surface area contributed by atoms with Gasteiger partial charge in [0, 0.05) is 37.6 Å². The van der Waals surface area contributed by atoms with E-state index in [4.69, 9.17) is 9.40 Å². The first-order valence-corrected chi connectivity index (χ1v) is 8.49. The quantitative estimate of drug-likeness (QED) is 0.730. The molecule has 5 heteroatoms. The van der Waals surface area contributed by atoms with E-state index in [0.29, 0.717) is 6.04 Å². The average Bonchev–Trinajstić information content (AvgIpc) is 3.23. The molecule has 0 aromatic carbocycles. The number of oxazole rings is 1. The Kier molecular flexibility index (Phi) is 3.39. The van der Waals surface area contributed by atoms with Gasteiger partial charge in [-0.3, -0.25) is 4.90 Å². The summed E-state index contributed by atoms with van der Waals surface area (Å²) in [4.78, 5) is 8.28. The van der Waals surface area contributed by atoms with Crippen LogP contribution in [-0.4, -0.2) is 21.0 Å². The molecular weight excluding hydrogens is 294 g/mol. The van der Waals surface area contributed by atoms with E-state index < -0.39 is 0 Å². The lowest BCUT2D eigenvalue weighted by Crippen LogP contribution is -2.36. The monoisotopic (exact) mass is 313 g/mol. The Bertz CT molecular complexity index is 772. The summed E-state index contributed by atoms with van der Waals surface area (Å²) in [5.74, 6) is 1.67. The fourth-order valence-electron chi connectivity index (χ4n) is 3.12. The van der Waals surface area contributed by atoms with Crippen molar-refractivity contribution >= 4 is 11.3 Å². The molecule has 3 aromatic rings. The number of aryl methyl sites for hydroxylation is 1. The first kappa shape index (κ1) is 13.8. The maximum absolute atomic E-state index is 5.86. The molecule has 0 amide bonds. The average molecular weight is 313 g/mol. The second-order valence-corrected chi connectivity index (χ2v) is 6.72. The standard InChI is InChI=1S/C17H19N3OS/c1-12-15-5-3-7-19(15)8-9-20(12)11-14-13(2)21-17(18-14)16-6-4-10-22-16/h3-7,10,12H,8-9,11H2,1-2H3. The minimum absolute atomic E-state index is 0.407. The Labute approximate surface area is 134 Å². The van der Waals surface area contributed by atoms with Crippen LogP contribution in [0.4, 0.5) is 0 Å². The molecule has 0 fully saturated rings. The van der Waals surface area contributed by atoms with Gasteiger partial charge < -0.3 is 8.98 Å². The summed E-state index contributed by atoms with van der Waals surface area (Å²) in [5, 5.41) is 2.05. The van der Waals surface area contributed by atoms with E-state index in [9.17, 15) is 0 Å². The summed E-state index contributed by atoms with van der Waals surface area (Å²) >= 11 is 1.66. The van der Waals surface area contributed by atoms with Crippen molar-refractivity contribution < 1.29 is 4.42 Å². The smallest absolute Gasteiger partial charge is 0.236 e. The molecule has 1 aliphatic heterocycles. The third kappa shape index (κ3) is 2.30. The van der Waals surface area contributed by atoms with E-state index in [-0.39, 0.29) is 0 Å². The molecule has 0 saturated heterocycles. The summed E-state index contributed by atoms with van der Waals surface area (Å²) in [6, 6.07) is 8.83. The lowest BCUT2D eigenvalue weighted by molar-refractivity contribution is 0.158. The molecule has 3 aromatic heterocycles. The Balaban J connectivity index is 1.57. The summed E-state index contributed by atoms with van der Waals surface area (Å²) in [6.45, 7) is 7.20. The number of fused-ring (bicyclic) bond motifs is 1. The molecule has 0 N–H and O–H groups in total. The van der Waals surface area contributed by atoms with Crippen molar-refractivity contribution in [1.29, 1.82) is 0 Å². The highest BCUT2D eigenvalue weighted by atomic mass is 32.1. The Morgan fingerprint density at radius 3 is 3.05 bits per heavy atom. The van der Waals surface area contributed by atoms with Crippen LogP contribution in [0.3, 0.4) is 0 Å². The topological polar surface area (TPSA) is 34.2 Å². The molecular formula is C17H19N3OS. The molecule has 1 aliphatic rings. The molecule has 1 unspecified atom stereocenters. The lowest BCUT2D eigenvalue weighted by atomic mass is 10.1. The highest BCUT2D eigenvalue weighted by Crippen LogP contribution is 2.30. The van der Waals surface area contributed by atoms with Gasteiger partial charge in [0.15, 0.2) is 0 Å². The van der Waals surface area contributed by atoms with Gasteiger partial charge in [-0.15, -0.1) is 11.3 Å². The second-order valence-electron chi connectivity index (χ2n) is 5.77. The first-order chi connectivity index (χ1) is 10.7. The molecule has 22 heavy (non-hydrogen) atoms. The van der Waals surface area contributed by atoms with Crippen molar-refractivity contribution in [2.45, 2.75) is 33.0 Å². The van der Waals surface area contributed by atoms with Crippen molar-refractivity contribution in [3.63, 3.8) is 0 Å². The third-order valence-corrected chi connectivity index (χ3v) is 5.30. The summed E-state index contributed by atoms with van der Waals surface area (Å²) in [6.07, 6.45) is 2.17. The van der Waals surface area contributed by atoms with Gasteiger partial charge in [-0.25, -0.2) is 4.98 Å². The molecule has 0 radical (unpaired) electrons. The van der Waals surface area contributed by atoms with E-state index in [1.54, 1.807) is 11.3 Å². The van der Waals surface area contributed by atoms with Crippen LogP contribution in [0.1, 0.15) is 30.1 Å². The van der Waals surface area contributed by atoms with Crippen LogP contribution in [0.15, 0.2) is 40.3 Å². The summed E-state index contributed by atoms with van der Waals surface area (Å²) in [7, 11) is 0. The maximum Gasteiger partial charge on any atom is 0.236 e. The molecule has 0 aliphatic carbocycles. The van der Waals surface area contributed by atoms with Gasteiger partial charge in [-0.1, -0.05) is 6.07 Å². The SMILES string of the molecule is Cc1oc(-c2cccs2)nc1CN1CCn2cccc2C1C. The largest absolute Gasteiger partial charge is 0.440 e. The minimum Gasteiger partial charge on any atom is -0.440 e. The number of rotatable bonds is 3. The molecule has 4 nitrogen and oxygen atoms in total. The number of thiophene rings is 1. The van der Waals surface area contributed by atoms with E-state index in [1.165, 1.54) is 5.69 Å². The second kappa shape index (κ2) is 5.41. The van der Waals surface area contributed by atoms with Crippen molar-refractivity contribution in [1.82, 2.24) is 14.5 Å². The van der Waals surface area contributed by atoms with E-state index in [0.717, 1.165) is 41.9 Å². The summed E-state index contributed by atoms with van der Waals surface area (Å²) < 4.78 is 8.20. The number of hydrogen-bond acceptors (Lipinski definition) is 4. The Morgan fingerprint density at radius 1 is 1.32 bits per heavy atom. The van der Waals surface area contributed by atoms with Crippen LogP contribution in [0.5, 0.6) is 0 Å². The predicted octanol–water partition coefficient (Wildman–Crippen LogP) is 4.09. The minimum atomic E-state index is 0.407. The van der Waals surface area contributed by atoms with Crippen LogP contribution in [0, 0.1) is 6.92 Å². The molecule has 114 valence electrons. The van der Waals surface area contributed by atoms with Crippen LogP contribution in [0.2, 0.25) is 0 Å². The number of hydrogen-bond donors (Lipinski definition) is 0. The van der Waals surface area contributed by atoms with Gasteiger partial charge in [0.1, 0.15) is 5.76 Å². The van der Waals surface area contributed by atoms with Crippen molar-refractivity contribution in [2.75, 3.05) is 6.54 Å². The van der Waals surface area contributed by atoms with Gasteiger partial charge >= 0.3 is 0 Å². The van der Waals surface area contributed by atoms with Crippen molar-refractivity contribution in [2.24, 2.45) is 0 Å². The highest BCUT2D eigenvalue weighted by Gasteiger charge is 2.25. The Morgan fingerprint density at radius 2 is 2.23 bits per heavy atom. The van der Waals surface area contributed by atoms with Gasteiger partial charge in [0.2, 0.25) is 5.89 Å². The van der Waals surface area contributed by atoms with Crippen LogP contribution in [0.25, 0.3) is 10.8 Å². The molecule has 0 saturated carbocycles. The fourth-order valence-corrected chi connectivity index (χ4v) is 3.76. The van der Waals surface area contributed by atoms with Crippen molar-refractivity contribution in [3.05, 3.63) is 53.0 Å². The zero-order chi connectivity index (χ0) is 15.1. The molecule has 0 bridgehead atoms. The molecule has 0 spiro atoms. The predicted molar refractivity (Wildman–Crippen MR) is 87.8 cm³/mol. The lowest BCUT2D eigenvalue weighted by Gasteiger charge is -2.34. The van der Waals surface area contributed by atoms with Crippen LogP contribution in [-0.2, 0) is 13.1 Å². The normalized spacial score (nSPS) is 18.5. The Hall–Kier alpha value is -1.85. The van der Waals surface area contributed by atoms with Crippen molar-refractivity contribution in [3.8, 4) is 10.8 Å². The van der Waals surface area contributed by atoms with E-state index in [2.05, 4.69) is 46.2 Å². The molecule has 4 heterocycles. The van der Waals surface area contributed by atoms with Gasteiger partial charge in [0.05, 0.1) is 10.6 Å². The van der Waals surface area contributed by atoms with Gasteiger partial charge in [0.25, 0.3) is 0 Å². The molecule has 1 atom stereocenters. The highest BCUT2D eigenvalue weighted by molar-refractivity contribution is 7.13. The maximum atomic E-state index is 5.86. The number of nitrogens with zero attached hydrogens (tertiary/aromatic N) is 3. The van der Waals surface area contributed by atoms with Crippen LogP contribution < -0.4 is 0 Å². The fraction of sp³-hybridized carbons (Fsp3) is 0.353. The van der Waals surface area contributed by atoms with E-state index >= 15 is 0 Å². The molecule has 4 rings (SSSR count). The first-order valence-electron chi connectivity index (χ1n) is 7.61. The van der Waals surface area contributed by atoms with Gasteiger partial charge in [-0.05, 0) is 37.4 Å². The number of aromatic nitrogens is 2. The van der Waals surface area contributed by atoms with Gasteiger partial charge in [-0.2, -0.15) is 0 Å². The third-order valence-electron chi connectivity index (χ3n) is 4.45. The zero-order valence-corrected chi connectivity index (χ0v) is 13.6.